The lowest BCUT2D eigenvalue weighted by molar-refractivity contribution is 0.549. The van der Waals surface area contributed by atoms with Crippen LogP contribution in [0.15, 0.2) is 48.5 Å². The van der Waals surface area contributed by atoms with E-state index in [4.69, 9.17) is 0 Å². The second kappa shape index (κ2) is 7.99. The average Bonchev–Trinajstić information content (AvgIpc) is 2.50. The molecular formula is C20H27N. The van der Waals surface area contributed by atoms with Gasteiger partial charge in [-0.3, -0.25) is 0 Å². The summed E-state index contributed by atoms with van der Waals surface area (Å²) in [6.07, 6.45) is 4.63. The van der Waals surface area contributed by atoms with Crippen molar-refractivity contribution in [3.05, 3.63) is 70.8 Å². The Kier molecular flexibility index (Phi) is 6.01. The molecule has 0 aliphatic rings. The Hall–Kier alpha value is -1.60. The van der Waals surface area contributed by atoms with Gasteiger partial charge in [0.05, 0.1) is 0 Å². The molecule has 1 N–H and O–H groups in total. The van der Waals surface area contributed by atoms with E-state index >= 15 is 0 Å². The van der Waals surface area contributed by atoms with Crippen molar-refractivity contribution in [1.29, 1.82) is 0 Å². The highest BCUT2D eigenvalue weighted by Crippen LogP contribution is 2.20. The molecule has 1 nitrogen and oxygen atoms in total. The van der Waals surface area contributed by atoms with E-state index in [0.717, 1.165) is 12.8 Å². The Labute approximate surface area is 129 Å². The molecule has 0 radical (unpaired) electrons. The maximum Gasteiger partial charge on any atom is 0.0320 e. The van der Waals surface area contributed by atoms with Crippen LogP contribution in [0, 0.1) is 6.92 Å². The predicted octanol–water partition coefficient (Wildman–Crippen LogP) is 4.84. The normalized spacial score (nSPS) is 12.3. The maximum absolute atomic E-state index is 3.45. The summed E-state index contributed by atoms with van der Waals surface area (Å²) in [4.78, 5) is 0. The predicted molar refractivity (Wildman–Crippen MR) is 91.7 cm³/mol. The standard InChI is InChI=1S/C20H27N/c1-4-6-17-9-12-19(13-10-17)20(21-3)14-11-18-8-5-7-16(2)15-18/h5,7-10,12-13,15,20-21H,4,6,11,14H2,1-3H3. The number of aryl methyl sites for hydroxylation is 3. The fraction of sp³-hybridized carbons (Fsp3) is 0.400. The van der Waals surface area contributed by atoms with E-state index in [0.29, 0.717) is 6.04 Å². The fourth-order valence-electron chi connectivity index (χ4n) is 2.86. The number of hydrogen-bond donors (Lipinski definition) is 1. The number of nitrogens with one attached hydrogen (secondary N) is 1. The molecule has 0 heterocycles. The van der Waals surface area contributed by atoms with E-state index in [9.17, 15) is 0 Å². The molecule has 1 unspecified atom stereocenters. The van der Waals surface area contributed by atoms with E-state index in [2.05, 4.69) is 74.7 Å². The zero-order chi connectivity index (χ0) is 15.1. The zero-order valence-electron chi connectivity index (χ0n) is 13.5. The first-order valence-electron chi connectivity index (χ1n) is 8.04. The van der Waals surface area contributed by atoms with E-state index in [-0.39, 0.29) is 0 Å². The zero-order valence-corrected chi connectivity index (χ0v) is 13.5. The molecule has 0 fully saturated rings. The Morgan fingerprint density at radius 1 is 0.952 bits per heavy atom. The molecular weight excluding hydrogens is 254 g/mol. The van der Waals surface area contributed by atoms with Gasteiger partial charge in [-0.2, -0.15) is 0 Å². The molecule has 2 aromatic rings. The molecule has 0 amide bonds. The third-order valence-electron chi connectivity index (χ3n) is 4.07. The molecule has 0 aromatic heterocycles. The van der Waals surface area contributed by atoms with E-state index in [1.807, 2.05) is 0 Å². The Morgan fingerprint density at radius 3 is 2.33 bits per heavy atom. The second-order valence-corrected chi connectivity index (χ2v) is 5.86. The molecule has 2 rings (SSSR count). The largest absolute Gasteiger partial charge is 0.313 e. The van der Waals surface area contributed by atoms with Crippen molar-refractivity contribution in [2.24, 2.45) is 0 Å². The lowest BCUT2D eigenvalue weighted by Crippen LogP contribution is -2.17. The van der Waals surface area contributed by atoms with Crippen LogP contribution in [0.2, 0.25) is 0 Å². The van der Waals surface area contributed by atoms with Crippen molar-refractivity contribution in [2.45, 2.75) is 45.6 Å². The molecule has 1 atom stereocenters. The topological polar surface area (TPSA) is 12.0 Å². The molecule has 1 heteroatoms. The summed E-state index contributed by atoms with van der Waals surface area (Å²) in [5, 5.41) is 3.45. The van der Waals surface area contributed by atoms with Gasteiger partial charge < -0.3 is 5.32 Å². The summed E-state index contributed by atoms with van der Waals surface area (Å²) in [6.45, 7) is 4.39. The molecule has 0 saturated heterocycles. The SMILES string of the molecule is CCCc1ccc(C(CCc2cccc(C)c2)NC)cc1. The van der Waals surface area contributed by atoms with Gasteiger partial charge in [-0.15, -0.1) is 0 Å². The van der Waals surface area contributed by atoms with E-state index in [1.54, 1.807) is 0 Å². The van der Waals surface area contributed by atoms with Crippen molar-refractivity contribution in [2.75, 3.05) is 7.05 Å². The highest BCUT2D eigenvalue weighted by atomic mass is 14.9. The highest BCUT2D eigenvalue weighted by molar-refractivity contribution is 5.26. The van der Waals surface area contributed by atoms with E-state index < -0.39 is 0 Å². The van der Waals surface area contributed by atoms with Gasteiger partial charge in [0.15, 0.2) is 0 Å². The van der Waals surface area contributed by atoms with Gasteiger partial charge in [0.2, 0.25) is 0 Å². The Balaban J connectivity index is 1.99. The van der Waals surface area contributed by atoms with Gasteiger partial charge in [0.1, 0.15) is 0 Å². The maximum atomic E-state index is 3.45. The molecule has 0 aliphatic heterocycles. The summed E-state index contributed by atoms with van der Waals surface area (Å²) in [6, 6.07) is 18.4. The van der Waals surface area contributed by atoms with Crippen LogP contribution in [-0.2, 0) is 12.8 Å². The summed E-state index contributed by atoms with van der Waals surface area (Å²) in [5.41, 5.74) is 5.61. The molecule has 0 aliphatic carbocycles. The first-order chi connectivity index (χ1) is 10.2. The fourth-order valence-corrected chi connectivity index (χ4v) is 2.86. The molecule has 112 valence electrons. The van der Waals surface area contributed by atoms with Crippen LogP contribution in [0.5, 0.6) is 0 Å². The van der Waals surface area contributed by atoms with E-state index in [1.165, 1.54) is 35.1 Å². The third kappa shape index (κ3) is 4.71. The molecule has 0 bridgehead atoms. The average molecular weight is 281 g/mol. The second-order valence-electron chi connectivity index (χ2n) is 5.86. The van der Waals surface area contributed by atoms with Crippen molar-refractivity contribution in [3.8, 4) is 0 Å². The molecule has 2 aromatic carbocycles. The molecule has 0 spiro atoms. The minimum absolute atomic E-state index is 0.432. The van der Waals surface area contributed by atoms with Crippen LogP contribution < -0.4 is 5.32 Å². The van der Waals surface area contributed by atoms with Gasteiger partial charge in [-0.05, 0) is 49.9 Å². The van der Waals surface area contributed by atoms with Gasteiger partial charge >= 0.3 is 0 Å². The van der Waals surface area contributed by atoms with Gasteiger partial charge in [0, 0.05) is 6.04 Å². The molecule has 21 heavy (non-hydrogen) atoms. The lowest BCUT2D eigenvalue weighted by Gasteiger charge is -2.17. The Bertz CT molecular complexity index is 542. The van der Waals surface area contributed by atoms with Crippen molar-refractivity contribution < 1.29 is 0 Å². The van der Waals surface area contributed by atoms with Crippen molar-refractivity contribution in [1.82, 2.24) is 5.32 Å². The van der Waals surface area contributed by atoms with Crippen LogP contribution in [0.4, 0.5) is 0 Å². The van der Waals surface area contributed by atoms with Crippen LogP contribution in [0.1, 0.15) is 48.1 Å². The summed E-state index contributed by atoms with van der Waals surface area (Å²) in [5.74, 6) is 0. The monoisotopic (exact) mass is 281 g/mol. The van der Waals surface area contributed by atoms with Gasteiger partial charge in [-0.1, -0.05) is 67.4 Å². The van der Waals surface area contributed by atoms with Crippen LogP contribution in [-0.4, -0.2) is 7.05 Å². The van der Waals surface area contributed by atoms with Gasteiger partial charge in [-0.25, -0.2) is 0 Å². The van der Waals surface area contributed by atoms with Gasteiger partial charge in [0.25, 0.3) is 0 Å². The van der Waals surface area contributed by atoms with Crippen LogP contribution in [0.3, 0.4) is 0 Å². The first-order valence-corrected chi connectivity index (χ1v) is 8.04. The van der Waals surface area contributed by atoms with Crippen LogP contribution in [0.25, 0.3) is 0 Å². The summed E-state index contributed by atoms with van der Waals surface area (Å²) < 4.78 is 0. The van der Waals surface area contributed by atoms with Crippen molar-refractivity contribution >= 4 is 0 Å². The first kappa shape index (κ1) is 15.8. The minimum Gasteiger partial charge on any atom is -0.313 e. The summed E-state index contributed by atoms with van der Waals surface area (Å²) >= 11 is 0. The number of hydrogen-bond acceptors (Lipinski definition) is 1. The lowest BCUT2D eigenvalue weighted by atomic mass is 9.97. The number of rotatable bonds is 7. The van der Waals surface area contributed by atoms with Crippen molar-refractivity contribution in [3.63, 3.8) is 0 Å². The highest BCUT2D eigenvalue weighted by Gasteiger charge is 2.09. The Morgan fingerprint density at radius 2 is 1.71 bits per heavy atom. The quantitative estimate of drug-likeness (QED) is 0.765. The van der Waals surface area contributed by atoms with Crippen LogP contribution >= 0.6 is 0 Å². The summed E-state index contributed by atoms with van der Waals surface area (Å²) in [7, 11) is 2.06. The third-order valence-corrected chi connectivity index (χ3v) is 4.07. The number of benzene rings is 2. The minimum atomic E-state index is 0.432. The smallest absolute Gasteiger partial charge is 0.0320 e. The molecule has 0 saturated carbocycles.